The molecule has 1 aliphatic rings. The molecule has 0 aromatic heterocycles. The maximum Gasteiger partial charge on any atom is 0.161 e. The zero-order chi connectivity index (χ0) is 11.4. The Bertz CT molecular complexity index is 351. The van der Waals surface area contributed by atoms with Gasteiger partial charge in [0.15, 0.2) is 11.5 Å². The Morgan fingerprint density at radius 2 is 2.06 bits per heavy atom. The van der Waals surface area contributed by atoms with Gasteiger partial charge in [-0.2, -0.15) is 0 Å². The van der Waals surface area contributed by atoms with E-state index in [4.69, 9.17) is 15.3 Å². The van der Waals surface area contributed by atoms with E-state index in [0.717, 1.165) is 36.5 Å². The number of nitrogens with one attached hydrogen (secondary N) is 1. The van der Waals surface area contributed by atoms with Crippen LogP contribution in [0.1, 0.15) is 31.4 Å². The summed E-state index contributed by atoms with van der Waals surface area (Å²) in [4.78, 5) is 0. The zero-order valence-corrected chi connectivity index (χ0v) is 9.53. The van der Waals surface area contributed by atoms with Crippen molar-refractivity contribution in [3.8, 4) is 11.5 Å². The minimum Gasteiger partial charge on any atom is -0.490 e. The lowest BCUT2D eigenvalue weighted by Crippen LogP contribution is -2.27. The molecule has 1 heterocycles. The molecule has 0 saturated carbocycles. The van der Waals surface area contributed by atoms with Crippen molar-refractivity contribution in [2.24, 2.45) is 5.84 Å². The lowest BCUT2D eigenvalue weighted by molar-refractivity contribution is 0.297. The summed E-state index contributed by atoms with van der Waals surface area (Å²) < 4.78 is 11.2. The second-order valence-corrected chi connectivity index (χ2v) is 3.88. The average Bonchev–Trinajstić information content (AvgIpc) is 2.55. The molecule has 2 rings (SSSR count). The molecule has 0 saturated heterocycles. The van der Waals surface area contributed by atoms with Gasteiger partial charge in [0.2, 0.25) is 0 Å². The molecule has 4 nitrogen and oxygen atoms in total. The Labute approximate surface area is 95.7 Å². The normalized spacial score (nSPS) is 16.6. The summed E-state index contributed by atoms with van der Waals surface area (Å²) in [5.41, 5.74) is 3.93. The van der Waals surface area contributed by atoms with Crippen molar-refractivity contribution in [3.05, 3.63) is 23.8 Å². The molecule has 16 heavy (non-hydrogen) atoms. The second-order valence-electron chi connectivity index (χ2n) is 3.88. The van der Waals surface area contributed by atoms with Gasteiger partial charge >= 0.3 is 0 Å². The van der Waals surface area contributed by atoms with Gasteiger partial charge in [-0.3, -0.25) is 11.3 Å². The highest BCUT2D eigenvalue weighted by Gasteiger charge is 2.14. The third-order valence-corrected chi connectivity index (χ3v) is 2.78. The standard InChI is InChI=1S/C12H18N2O2/c1-2-10(14-13)9-4-5-11-12(8-9)16-7-3-6-15-11/h4-5,8,10,14H,2-3,6-7,13H2,1H3. The lowest BCUT2D eigenvalue weighted by atomic mass is 10.0. The third kappa shape index (κ3) is 2.28. The number of fused-ring (bicyclic) bond motifs is 1. The third-order valence-electron chi connectivity index (χ3n) is 2.78. The van der Waals surface area contributed by atoms with Gasteiger partial charge in [-0.1, -0.05) is 13.0 Å². The fourth-order valence-corrected chi connectivity index (χ4v) is 1.85. The number of hydrogen-bond acceptors (Lipinski definition) is 4. The first-order valence-electron chi connectivity index (χ1n) is 5.71. The molecule has 1 aromatic rings. The van der Waals surface area contributed by atoms with Crippen molar-refractivity contribution in [1.29, 1.82) is 0 Å². The van der Waals surface area contributed by atoms with E-state index >= 15 is 0 Å². The van der Waals surface area contributed by atoms with Gasteiger partial charge in [0.1, 0.15) is 0 Å². The first kappa shape index (κ1) is 11.2. The first-order chi connectivity index (χ1) is 7.85. The van der Waals surface area contributed by atoms with E-state index in [1.165, 1.54) is 0 Å². The molecule has 1 unspecified atom stereocenters. The zero-order valence-electron chi connectivity index (χ0n) is 9.53. The van der Waals surface area contributed by atoms with Crippen LogP contribution < -0.4 is 20.7 Å². The van der Waals surface area contributed by atoms with E-state index in [2.05, 4.69) is 12.3 Å². The number of rotatable bonds is 3. The van der Waals surface area contributed by atoms with Crippen LogP contribution in [0.15, 0.2) is 18.2 Å². The van der Waals surface area contributed by atoms with Crippen LogP contribution in [0.25, 0.3) is 0 Å². The molecule has 0 spiro atoms. The molecule has 0 aliphatic carbocycles. The van der Waals surface area contributed by atoms with E-state index in [1.54, 1.807) is 0 Å². The van der Waals surface area contributed by atoms with E-state index in [0.29, 0.717) is 6.61 Å². The molecular weight excluding hydrogens is 204 g/mol. The van der Waals surface area contributed by atoms with Crippen molar-refractivity contribution in [3.63, 3.8) is 0 Å². The van der Waals surface area contributed by atoms with E-state index in [1.807, 2.05) is 18.2 Å². The fourth-order valence-electron chi connectivity index (χ4n) is 1.85. The number of hydrogen-bond donors (Lipinski definition) is 2. The van der Waals surface area contributed by atoms with Crippen LogP contribution in [0.2, 0.25) is 0 Å². The predicted octanol–water partition coefficient (Wildman–Crippen LogP) is 1.76. The maximum atomic E-state index is 5.63. The predicted molar refractivity (Wildman–Crippen MR) is 62.4 cm³/mol. The molecule has 0 amide bonds. The highest BCUT2D eigenvalue weighted by Crippen LogP contribution is 2.32. The van der Waals surface area contributed by atoms with Gasteiger partial charge < -0.3 is 9.47 Å². The van der Waals surface area contributed by atoms with Gasteiger partial charge in [-0.05, 0) is 24.1 Å². The lowest BCUT2D eigenvalue weighted by Gasteiger charge is -2.16. The Morgan fingerprint density at radius 1 is 1.31 bits per heavy atom. The highest BCUT2D eigenvalue weighted by atomic mass is 16.5. The van der Waals surface area contributed by atoms with Crippen molar-refractivity contribution in [2.75, 3.05) is 13.2 Å². The monoisotopic (exact) mass is 222 g/mol. The minimum absolute atomic E-state index is 0.164. The molecule has 1 atom stereocenters. The molecule has 3 N–H and O–H groups in total. The highest BCUT2D eigenvalue weighted by molar-refractivity contribution is 5.44. The number of ether oxygens (including phenoxy) is 2. The Hall–Kier alpha value is -1.26. The summed E-state index contributed by atoms with van der Waals surface area (Å²) in [5, 5.41) is 0. The minimum atomic E-state index is 0.164. The second kappa shape index (κ2) is 5.18. The molecule has 0 radical (unpaired) electrons. The molecule has 88 valence electrons. The van der Waals surface area contributed by atoms with Crippen LogP contribution >= 0.6 is 0 Å². The van der Waals surface area contributed by atoms with Crippen LogP contribution in [0.4, 0.5) is 0 Å². The molecular formula is C12H18N2O2. The van der Waals surface area contributed by atoms with Crippen molar-refractivity contribution >= 4 is 0 Å². The summed E-state index contributed by atoms with van der Waals surface area (Å²) in [6.45, 7) is 3.52. The molecule has 1 aromatic carbocycles. The van der Waals surface area contributed by atoms with Gasteiger partial charge in [0.25, 0.3) is 0 Å². The summed E-state index contributed by atoms with van der Waals surface area (Å²) >= 11 is 0. The van der Waals surface area contributed by atoms with Crippen molar-refractivity contribution < 1.29 is 9.47 Å². The van der Waals surface area contributed by atoms with Crippen molar-refractivity contribution in [2.45, 2.75) is 25.8 Å². The van der Waals surface area contributed by atoms with Crippen LogP contribution in [0, 0.1) is 0 Å². The van der Waals surface area contributed by atoms with Gasteiger partial charge in [-0.15, -0.1) is 0 Å². The largest absolute Gasteiger partial charge is 0.490 e. The molecule has 4 heteroatoms. The summed E-state index contributed by atoms with van der Waals surface area (Å²) in [7, 11) is 0. The number of nitrogens with two attached hydrogens (primary N) is 1. The van der Waals surface area contributed by atoms with E-state index in [9.17, 15) is 0 Å². The number of hydrazine groups is 1. The van der Waals surface area contributed by atoms with Gasteiger partial charge in [0.05, 0.1) is 13.2 Å². The SMILES string of the molecule is CCC(NN)c1ccc2c(c1)OCCCO2. The Morgan fingerprint density at radius 3 is 2.75 bits per heavy atom. The van der Waals surface area contributed by atoms with Crippen LogP contribution in [-0.2, 0) is 0 Å². The van der Waals surface area contributed by atoms with Gasteiger partial charge in [0, 0.05) is 12.5 Å². The van der Waals surface area contributed by atoms with E-state index in [-0.39, 0.29) is 6.04 Å². The maximum absolute atomic E-state index is 5.63. The summed E-state index contributed by atoms with van der Waals surface area (Å²) in [6.07, 6.45) is 1.87. The summed E-state index contributed by atoms with van der Waals surface area (Å²) in [5.74, 6) is 7.15. The van der Waals surface area contributed by atoms with Crippen LogP contribution in [-0.4, -0.2) is 13.2 Å². The van der Waals surface area contributed by atoms with Crippen LogP contribution in [0.3, 0.4) is 0 Å². The topological polar surface area (TPSA) is 56.5 Å². The first-order valence-corrected chi connectivity index (χ1v) is 5.71. The smallest absolute Gasteiger partial charge is 0.161 e. The number of benzene rings is 1. The van der Waals surface area contributed by atoms with E-state index < -0.39 is 0 Å². The van der Waals surface area contributed by atoms with Gasteiger partial charge in [-0.25, -0.2) is 0 Å². The fraction of sp³-hybridized carbons (Fsp3) is 0.500. The molecule has 1 aliphatic heterocycles. The Kier molecular flexibility index (Phi) is 3.64. The van der Waals surface area contributed by atoms with Crippen LogP contribution in [0.5, 0.6) is 11.5 Å². The molecule has 0 fully saturated rings. The molecule has 0 bridgehead atoms. The Balaban J connectivity index is 2.26. The summed E-state index contributed by atoms with van der Waals surface area (Å²) in [6, 6.07) is 6.16. The quantitative estimate of drug-likeness (QED) is 0.604. The average molecular weight is 222 g/mol. The van der Waals surface area contributed by atoms with Crippen molar-refractivity contribution in [1.82, 2.24) is 5.43 Å².